The molecule has 33 heavy (non-hydrogen) atoms. The maximum absolute atomic E-state index is 12.3. The monoisotopic (exact) mass is 470 g/mol. The lowest BCUT2D eigenvalue weighted by atomic mass is 10.0. The quantitative estimate of drug-likeness (QED) is 0.452. The summed E-state index contributed by atoms with van der Waals surface area (Å²) in [5.41, 5.74) is 2.97. The number of hydrogen-bond donors (Lipinski definition) is 1. The molecule has 8 nitrogen and oxygen atoms in total. The Hall–Kier alpha value is -2.78. The molecule has 2 heterocycles. The van der Waals surface area contributed by atoms with Crippen LogP contribution in [0.15, 0.2) is 29.5 Å². The lowest BCUT2D eigenvalue weighted by Crippen LogP contribution is -2.40. The maximum atomic E-state index is 12.3. The highest BCUT2D eigenvalue weighted by Gasteiger charge is 2.37. The molecular formula is C24H34N4O4Si. The molecule has 0 fully saturated rings. The minimum absolute atomic E-state index is 0.0908. The van der Waals surface area contributed by atoms with Crippen LogP contribution in [-0.4, -0.2) is 49.1 Å². The first-order chi connectivity index (χ1) is 15.5. The Labute approximate surface area is 196 Å². The minimum Gasteiger partial charge on any atom is -0.462 e. The lowest BCUT2D eigenvalue weighted by Gasteiger charge is -2.36. The standard InChI is InChI=1S/C24H34N4O4Si/c1-7-31-23(30)18-8-9-19(14-32-33(5,6)24(2,3)4)17(12-18)10-11-28-16-27-21-20(29)13-25-15-26-22(21)28/h8-9,12,15-16H,7,10-11,13-14H2,1-6H3,(H,25,26). The summed E-state index contributed by atoms with van der Waals surface area (Å²) in [5, 5.41) is 3.16. The second kappa shape index (κ2) is 10.0. The average Bonchev–Trinajstić information content (AvgIpc) is 3.06. The molecule has 0 atom stereocenters. The van der Waals surface area contributed by atoms with Crippen molar-refractivity contribution in [2.24, 2.45) is 4.99 Å². The van der Waals surface area contributed by atoms with Gasteiger partial charge in [-0.25, -0.2) is 9.78 Å². The number of aliphatic imine (C=N–C) groups is 1. The number of imidazole rings is 1. The van der Waals surface area contributed by atoms with Gasteiger partial charge in [0.1, 0.15) is 12.4 Å². The number of ether oxygens (including phenoxy) is 1. The third-order valence-electron chi connectivity index (χ3n) is 6.36. The van der Waals surface area contributed by atoms with Crippen molar-refractivity contribution in [1.29, 1.82) is 0 Å². The Morgan fingerprint density at radius 1 is 1.24 bits per heavy atom. The van der Waals surface area contributed by atoms with Crippen LogP contribution in [0.1, 0.15) is 59.7 Å². The fraction of sp³-hybridized carbons (Fsp3) is 0.500. The van der Waals surface area contributed by atoms with E-state index in [0.29, 0.717) is 43.3 Å². The van der Waals surface area contributed by atoms with Gasteiger partial charge in [0.05, 0.1) is 31.4 Å². The molecule has 1 aliphatic heterocycles. The van der Waals surface area contributed by atoms with Crippen molar-refractivity contribution in [3.05, 3.63) is 46.9 Å². The smallest absolute Gasteiger partial charge is 0.338 e. The predicted octanol–water partition coefficient (Wildman–Crippen LogP) is 4.46. The summed E-state index contributed by atoms with van der Waals surface area (Å²) >= 11 is 0. The number of fused-ring (bicyclic) bond motifs is 1. The van der Waals surface area contributed by atoms with E-state index in [1.54, 1.807) is 19.3 Å². The van der Waals surface area contributed by atoms with Crippen molar-refractivity contribution in [3.63, 3.8) is 0 Å². The fourth-order valence-electron chi connectivity index (χ4n) is 3.27. The molecule has 1 aromatic carbocycles. The number of carbonyl (C=O) groups excluding carboxylic acids is 2. The van der Waals surface area contributed by atoms with Gasteiger partial charge in [-0.3, -0.25) is 9.79 Å². The van der Waals surface area contributed by atoms with Crippen molar-refractivity contribution in [3.8, 4) is 0 Å². The molecule has 0 radical (unpaired) electrons. The summed E-state index contributed by atoms with van der Waals surface area (Å²) in [7, 11) is -1.94. The van der Waals surface area contributed by atoms with Crippen molar-refractivity contribution in [1.82, 2.24) is 9.55 Å². The van der Waals surface area contributed by atoms with Crippen LogP contribution in [0.4, 0.5) is 5.82 Å². The Kier molecular flexibility index (Phi) is 7.54. The molecule has 0 saturated carbocycles. The summed E-state index contributed by atoms with van der Waals surface area (Å²) in [6, 6.07) is 5.64. The largest absolute Gasteiger partial charge is 0.462 e. The molecule has 1 N–H and O–H groups in total. The van der Waals surface area contributed by atoms with Gasteiger partial charge in [0.25, 0.3) is 0 Å². The summed E-state index contributed by atoms with van der Waals surface area (Å²) in [4.78, 5) is 32.8. The van der Waals surface area contributed by atoms with E-state index in [1.807, 2.05) is 16.7 Å². The number of nitrogens with zero attached hydrogens (tertiary/aromatic N) is 3. The van der Waals surface area contributed by atoms with Gasteiger partial charge in [0, 0.05) is 6.54 Å². The molecule has 1 aliphatic rings. The number of rotatable bonds is 8. The zero-order chi connectivity index (χ0) is 24.2. The first-order valence-electron chi connectivity index (χ1n) is 11.3. The molecule has 3 rings (SSSR count). The van der Waals surface area contributed by atoms with Gasteiger partial charge < -0.3 is 19.0 Å². The zero-order valence-corrected chi connectivity index (χ0v) is 21.4. The van der Waals surface area contributed by atoms with E-state index in [-0.39, 0.29) is 23.3 Å². The first-order valence-corrected chi connectivity index (χ1v) is 14.2. The molecule has 9 heteroatoms. The number of esters is 1. The summed E-state index contributed by atoms with van der Waals surface area (Å²) in [6.07, 6.45) is 3.83. The van der Waals surface area contributed by atoms with E-state index < -0.39 is 8.32 Å². The van der Waals surface area contributed by atoms with Gasteiger partial charge in [-0.1, -0.05) is 26.8 Å². The Bertz CT molecular complexity index is 1050. The summed E-state index contributed by atoms with van der Waals surface area (Å²) in [6.45, 7) is 14.4. The van der Waals surface area contributed by atoms with Gasteiger partial charge in [-0.05, 0) is 54.7 Å². The van der Waals surface area contributed by atoms with Crippen LogP contribution in [0.2, 0.25) is 18.1 Å². The van der Waals surface area contributed by atoms with Crippen LogP contribution >= 0.6 is 0 Å². The van der Waals surface area contributed by atoms with Crippen LogP contribution in [0.3, 0.4) is 0 Å². The normalized spacial score (nSPS) is 13.9. The van der Waals surface area contributed by atoms with Crippen molar-refractivity contribution in [2.75, 3.05) is 18.5 Å². The maximum Gasteiger partial charge on any atom is 0.338 e. The van der Waals surface area contributed by atoms with E-state index in [0.717, 1.165) is 11.1 Å². The molecule has 0 spiro atoms. The van der Waals surface area contributed by atoms with Crippen LogP contribution in [0.25, 0.3) is 0 Å². The average molecular weight is 471 g/mol. The van der Waals surface area contributed by atoms with Gasteiger partial charge in [0.2, 0.25) is 5.78 Å². The van der Waals surface area contributed by atoms with Crippen molar-refractivity contribution in [2.45, 2.75) is 65.4 Å². The van der Waals surface area contributed by atoms with Crippen LogP contribution in [-0.2, 0) is 28.7 Å². The van der Waals surface area contributed by atoms with Gasteiger partial charge in [0.15, 0.2) is 14.0 Å². The number of aromatic nitrogens is 2. The zero-order valence-electron chi connectivity index (χ0n) is 20.4. The van der Waals surface area contributed by atoms with Crippen LogP contribution in [0, 0.1) is 0 Å². The topological polar surface area (TPSA) is 94.8 Å². The highest BCUT2D eigenvalue weighted by Crippen LogP contribution is 2.37. The molecule has 2 aromatic rings. The number of anilines is 1. The number of nitrogens with one attached hydrogen (secondary N) is 1. The molecule has 0 unspecified atom stereocenters. The van der Waals surface area contributed by atoms with Crippen LogP contribution < -0.4 is 5.32 Å². The number of aryl methyl sites for hydroxylation is 2. The molecule has 1 aromatic heterocycles. The van der Waals surface area contributed by atoms with E-state index in [1.165, 1.54) is 6.34 Å². The van der Waals surface area contributed by atoms with Crippen molar-refractivity contribution >= 4 is 32.2 Å². The minimum atomic E-state index is -1.94. The molecule has 0 bridgehead atoms. The number of ketones is 1. The van der Waals surface area contributed by atoms with E-state index in [2.05, 4.69) is 49.2 Å². The van der Waals surface area contributed by atoms with Crippen LogP contribution in [0.5, 0.6) is 0 Å². The number of carbonyl (C=O) groups is 2. The first kappa shape index (κ1) is 24.9. The fourth-order valence-corrected chi connectivity index (χ4v) is 4.22. The SMILES string of the molecule is CCOC(=O)c1ccc(CO[Si](C)(C)C(C)(C)C)c(CCn2cnc3c2NC=NCC3=O)c1. The lowest BCUT2D eigenvalue weighted by molar-refractivity contribution is 0.0526. The Morgan fingerprint density at radius 3 is 2.70 bits per heavy atom. The highest BCUT2D eigenvalue weighted by molar-refractivity contribution is 6.74. The molecule has 0 amide bonds. The second-order valence-corrected chi connectivity index (χ2v) is 14.5. The third kappa shape index (κ3) is 5.78. The van der Waals surface area contributed by atoms with Gasteiger partial charge >= 0.3 is 5.97 Å². The molecule has 0 aliphatic carbocycles. The number of hydrogen-bond acceptors (Lipinski definition) is 7. The number of benzene rings is 1. The van der Waals surface area contributed by atoms with E-state index in [9.17, 15) is 9.59 Å². The number of Topliss-reactive ketones (excluding diaryl/α,β-unsaturated/α-hetero) is 1. The van der Waals surface area contributed by atoms with Gasteiger partial charge in [-0.2, -0.15) is 0 Å². The highest BCUT2D eigenvalue weighted by atomic mass is 28.4. The Morgan fingerprint density at radius 2 is 2.00 bits per heavy atom. The molecule has 178 valence electrons. The van der Waals surface area contributed by atoms with E-state index in [4.69, 9.17) is 9.16 Å². The second-order valence-electron chi connectivity index (χ2n) is 9.68. The molecular weight excluding hydrogens is 436 g/mol. The summed E-state index contributed by atoms with van der Waals surface area (Å²) < 4.78 is 13.6. The molecule has 0 saturated heterocycles. The third-order valence-corrected chi connectivity index (χ3v) is 10.8. The van der Waals surface area contributed by atoms with Gasteiger partial charge in [-0.15, -0.1) is 0 Å². The Balaban J connectivity index is 1.85. The summed E-state index contributed by atoms with van der Waals surface area (Å²) in [5.74, 6) is 0.190. The van der Waals surface area contributed by atoms with E-state index >= 15 is 0 Å². The van der Waals surface area contributed by atoms with Crippen molar-refractivity contribution < 1.29 is 18.8 Å². The predicted molar refractivity (Wildman–Crippen MR) is 132 cm³/mol.